The average molecular weight is 260 g/mol. The van der Waals surface area contributed by atoms with Gasteiger partial charge in [-0.1, -0.05) is 12.8 Å². The Balaban J connectivity index is 2.38. The van der Waals surface area contributed by atoms with E-state index in [2.05, 4.69) is 11.6 Å². The number of carboxylic acid groups (broad SMARTS) is 1. The van der Waals surface area contributed by atoms with E-state index >= 15 is 0 Å². The SMILES string of the molecule is CSC1(CNC(=O)N(C)CC(=O)O)CCCC1. The van der Waals surface area contributed by atoms with Gasteiger partial charge in [0.15, 0.2) is 0 Å². The number of rotatable bonds is 5. The minimum absolute atomic E-state index is 0.153. The van der Waals surface area contributed by atoms with E-state index < -0.39 is 5.97 Å². The van der Waals surface area contributed by atoms with E-state index in [1.165, 1.54) is 24.8 Å². The fraction of sp³-hybridized carbons (Fsp3) is 0.818. The van der Waals surface area contributed by atoms with Gasteiger partial charge in [0, 0.05) is 18.3 Å². The maximum atomic E-state index is 11.6. The van der Waals surface area contributed by atoms with Crippen LogP contribution in [0.25, 0.3) is 0 Å². The Morgan fingerprint density at radius 2 is 2.00 bits per heavy atom. The number of carboxylic acids is 1. The third-order valence-corrected chi connectivity index (χ3v) is 4.65. The third kappa shape index (κ3) is 4.11. The number of carbonyl (C=O) groups is 2. The quantitative estimate of drug-likeness (QED) is 0.783. The van der Waals surface area contributed by atoms with Crippen LogP contribution in [0.15, 0.2) is 0 Å². The van der Waals surface area contributed by atoms with E-state index in [1.807, 2.05) is 0 Å². The number of hydrogen-bond donors (Lipinski definition) is 2. The van der Waals surface area contributed by atoms with Gasteiger partial charge in [-0.15, -0.1) is 0 Å². The zero-order valence-electron chi connectivity index (χ0n) is 10.4. The molecule has 0 aromatic carbocycles. The van der Waals surface area contributed by atoms with Crippen LogP contribution in [0.2, 0.25) is 0 Å². The zero-order valence-corrected chi connectivity index (χ0v) is 11.2. The van der Waals surface area contributed by atoms with Crippen molar-refractivity contribution < 1.29 is 14.7 Å². The Morgan fingerprint density at radius 1 is 1.41 bits per heavy atom. The van der Waals surface area contributed by atoms with Crippen LogP contribution in [0.5, 0.6) is 0 Å². The molecular formula is C11H20N2O3S. The normalized spacial score (nSPS) is 17.8. The molecule has 0 bridgehead atoms. The highest BCUT2D eigenvalue weighted by Crippen LogP contribution is 2.39. The average Bonchev–Trinajstić information content (AvgIpc) is 2.74. The summed E-state index contributed by atoms with van der Waals surface area (Å²) in [7, 11) is 1.49. The molecule has 0 spiro atoms. The summed E-state index contributed by atoms with van der Waals surface area (Å²) >= 11 is 1.80. The number of amides is 2. The molecule has 1 fully saturated rings. The van der Waals surface area contributed by atoms with Crippen molar-refractivity contribution in [3.63, 3.8) is 0 Å². The summed E-state index contributed by atoms with van der Waals surface area (Å²) in [5.74, 6) is -0.997. The molecule has 98 valence electrons. The van der Waals surface area contributed by atoms with Crippen LogP contribution >= 0.6 is 11.8 Å². The molecule has 0 heterocycles. The molecule has 6 heteroatoms. The first kappa shape index (κ1) is 14.2. The van der Waals surface area contributed by atoms with Crippen molar-refractivity contribution in [1.82, 2.24) is 10.2 Å². The van der Waals surface area contributed by atoms with E-state index in [0.717, 1.165) is 12.8 Å². The van der Waals surface area contributed by atoms with Gasteiger partial charge in [0.25, 0.3) is 0 Å². The van der Waals surface area contributed by atoms with E-state index in [-0.39, 0.29) is 17.3 Å². The first-order valence-electron chi connectivity index (χ1n) is 5.75. The number of nitrogens with one attached hydrogen (secondary N) is 1. The monoisotopic (exact) mass is 260 g/mol. The molecule has 2 N–H and O–H groups in total. The summed E-state index contributed by atoms with van der Waals surface area (Å²) in [4.78, 5) is 23.3. The number of nitrogens with zero attached hydrogens (tertiary/aromatic N) is 1. The third-order valence-electron chi connectivity index (χ3n) is 3.23. The van der Waals surface area contributed by atoms with Gasteiger partial charge in [-0.3, -0.25) is 4.79 Å². The Kier molecular flexibility index (Phi) is 5.11. The Labute approximate surface area is 106 Å². The second-order valence-corrected chi connectivity index (χ2v) is 5.78. The Morgan fingerprint density at radius 3 is 2.47 bits per heavy atom. The van der Waals surface area contributed by atoms with Gasteiger partial charge in [-0.2, -0.15) is 11.8 Å². The molecule has 0 aromatic heterocycles. The highest BCUT2D eigenvalue weighted by molar-refractivity contribution is 8.00. The summed E-state index contributed by atoms with van der Waals surface area (Å²) in [6, 6.07) is -0.312. The fourth-order valence-electron chi connectivity index (χ4n) is 2.12. The molecule has 5 nitrogen and oxygen atoms in total. The highest BCUT2D eigenvalue weighted by Gasteiger charge is 2.33. The zero-order chi connectivity index (χ0) is 12.9. The van der Waals surface area contributed by atoms with Gasteiger partial charge in [0.2, 0.25) is 0 Å². The molecule has 17 heavy (non-hydrogen) atoms. The molecule has 1 aliphatic rings. The molecule has 0 aromatic rings. The van der Waals surface area contributed by atoms with Gasteiger partial charge < -0.3 is 15.3 Å². The Hall–Kier alpha value is -0.910. The Bertz CT molecular complexity index is 290. The summed E-state index contributed by atoms with van der Waals surface area (Å²) in [6.07, 6.45) is 6.73. The second-order valence-electron chi connectivity index (χ2n) is 4.50. The van der Waals surface area contributed by atoms with Crippen LogP contribution in [-0.2, 0) is 4.79 Å². The van der Waals surface area contributed by atoms with Crippen LogP contribution in [0.3, 0.4) is 0 Å². The lowest BCUT2D eigenvalue weighted by molar-refractivity contribution is -0.137. The second kappa shape index (κ2) is 6.14. The molecule has 1 saturated carbocycles. The number of urea groups is 1. The van der Waals surface area contributed by atoms with Crippen molar-refractivity contribution in [2.75, 3.05) is 26.4 Å². The first-order chi connectivity index (χ1) is 7.99. The smallest absolute Gasteiger partial charge is 0.323 e. The molecule has 1 aliphatic carbocycles. The van der Waals surface area contributed by atoms with Crippen molar-refractivity contribution in [2.24, 2.45) is 0 Å². The predicted octanol–water partition coefficient (Wildman–Crippen LogP) is 1.39. The molecular weight excluding hydrogens is 240 g/mol. The van der Waals surface area contributed by atoms with Gasteiger partial charge in [-0.05, 0) is 19.1 Å². The largest absolute Gasteiger partial charge is 0.480 e. The minimum atomic E-state index is -0.997. The van der Waals surface area contributed by atoms with Gasteiger partial charge in [-0.25, -0.2) is 4.79 Å². The summed E-state index contributed by atoms with van der Waals surface area (Å²) in [5.41, 5.74) is 0. The van der Waals surface area contributed by atoms with E-state index in [0.29, 0.717) is 6.54 Å². The maximum absolute atomic E-state index is 11.6. The van der Waals surface area contributed by atoms with Crippen molar-refractivity contribution in [2.45, 2.75) is 30.4 Å². The van der Waals surface area contributed by atoms with Crippen LogP contribution in [0.1, 0.15) is 25.7 Å². The van der Waals surface area contributed by atoms with E-state index in [4.69, 9.17) is 5.11 Å². The fourth-order valence-corrected chi connectivity index (χ4v) is 3.03. The van der Waals surface area contributed by atoms with E-state index in [1.54, 1.807) is 11.8 Å². The summed E-state index contributed by atoms with van der Waals surface area (Å²) in [6.45, 7) is 0.356. The van der Waals surface area contributed by atoms with Crippen molar-refractivity contribution in [3.05, 3.63) is 0 Å². The summed E-state index contributed by atoms with van der Waals surface area (Å²) < 4.78 is 0.153. The van der Waals surface area contributed by atoms with Crippen molar-refractivity contribution in [3.8, 4) is 0 Å². The lowest BCUT2D eigenvalue weighted by Gasteiger charge is -2.28. The molecule has 0 radical (unpaired) electrons. The first-order valence-corrected chi connectivity index (χ1v) is 6.97. The molecule has 0 unspecified atom stereocenters. The molecule has 0 atom stereocenters. The molecule has 2 amide bonds. The van der Waals surface area contributed by atoms with Crippen LogP contribution in [-0.4, -0.2) is 53.1 Å². The maximum Gasteiger partial charge on any atom is 0.323 e. The standard InChI is InChI=1S/C11H20N2O3S/c1-13(7-9(14)15)10(16)12-8-11(17-2)5-3-4-6-11/h3-8H2,1-2H3,(H,12,16)(H,14,15). The van der Waals surface area contributed by atoms with Crippen LogP contribution in [0, 0.1) is 0 Å². The molecule has 1 rings (SSSR count). The number of carbonyl (C=O) groups excluding carboxylic acids is 1. The lowest BCUT2D eigenvalue weighted by atomic mass is 10.1. The predicted molar refractivity (Wildman–Crippen MR) is 68.4 cm³/mol. The van der Waals surface area contributed by atoms with Crippen LogP contribution < -0.4 is 5.32 Å². The minimum Gasteiger partial charge on any atom is -0.480 e. The van der Waals surface area contributed by atoms with Gasteiger partial charge >= 0.3 is 12.0 Å². The highest BCUT2D eigenvalue weighted by atomic mass is 32.2. The number of aliphatic carboxylic acids is 1. The number of hydrogen-bond acceptors (Lipinski definition) is 3. The lowest BCUT2D eigenvalue weighted by Crippen LogP contribution is -2.45. The number of likely N-dealkylation sites (N-methyl/N-ethyl adjacent to an activating group) is 1. The van der Waals surface area contributed by atoms with Crippen molar-refractivity contribution >= 4 is 23.8 Å². The van der Waals surface area contributed by atoms with Crippen molar-refractivity contribution in [1.29, 1.82) is 0 Å². The number of thioether (sulfide) groups is 1. The van der Waals surface area contributed by atoms with Crippen LogP contribution in [0.4, 0.5) is 4.79 Å². The molecule has 0 aliphatic heterocycles. The summed E-state index contributed by atoms with van der Waals surface area (Å²) in [5, 5.41) is 11.4. The van der Waals surface area contributed by atoms with E-state index in [9.17, 15) is 9.59 Å². The topological polar surface area (TPSA) is 69.6 Å². The molecule has 0 saturated heterocycles. The van der Waals surface area contributed by atoms with Gasteiger partial charge in [0.1, 0.15) is 6.54 Å². The van der Waals surface area contributed by atoms with Gasteiger partial charge in [0.05, 0.1) is 0 Å².